The van der Waals surface area contributed by atoms with Gasteiger partial charge in [-0.1, -0.05) is 26.8 Å². The molecular formula is C28H46ClN3O. The van der Waals surface area contributed by atoms with Crippen LogP contribution in [0.15, 0.2) is 18.2 Å². The van der Waals surface area contributed by atoms with E-state index in [4.69, 9.17) is 4.74 Å². The van der Waals surface area contributed by atoms with Crippen LogP contribution in [-0.2, 0) is 4.74 Å². The van der Waals surface area contributed by atoms with Crippen molar-refractivity contribution in [2.45, 2.75) is 84.2 Å². The number of anilines is 2. The van der Waals surface area contributed by atoms with Gasteiger partial charge in [0.15, 0.2) is 0 Å². The van der Waals surface area contributed by atoms with E-state index in [1.807, 2.05) is 0 Å². The van der Waals surface area contributed by atoms with E-state index in [0.29, 0.717) is 11.5 Å². The summed E-state index contributed by atoms with van der Waals surface area (Å²) in [5.74, 6) is 1.59. The third kappa shape index (κ3) is 5.65. The van der Waals surface area contributed by atoms with Gasteiger partial charge in [0.1, 0.15) is 0 Å². The zero-order valence-corrected chi connectivity index (χ0v) is 22.2. The van der Waals surface area contributed by atoms with E-state index in [2.05, 4.69) is 60.6 Å². The van der Waals surface area contributed by atoms with Crippen molar-refractivity contribution in [2.24, 2.45) is 11.3 Å². The molecule has 2 heterocycles. The average Bonchev–Trinajstić information content (AvgIpc) is 3.64. The Morgan fingerprint density at radius 2 is 1.58 bits per heavy atom. The lowest BCUT2D eigenvalue weighted by molar-refractivity contribution is 0.122. The Hall–Kier alpha value is -0.970. The van der Waals surface area contributed by atoms with Gasteiger partial charge in [0.2, 0.25) is 0 Å². The zero-order valence-electron chi connectivity index (χ0n) is 21.4. The van der Waals surface area contributed by atoms with Gasteiger partial charge in [0.25, 0.3) is 0 Å². The molecule has 2 aliphatic carbocycles. The number of nitrogens with zero attached hydrogens (tertiary/aromatic N) is 3. The minimum absolute atomic E-state index is 0. The number of piperazine rings is 1. The highest BCUT2D eigenvalue weighted by molar-refractivity contribution is 5.85. The first-order valence-electron chi connectivity index (χ1n) is 13.4. The first-order chi connectivity index (χ1) is 15.4. The fraction of sp³-hybridized carbons (Fsp3) is 0.786. The predicted octanol–water partition coefficient (Wildman–Crippen LogP) is 5.94. The Balaban J connectivity index is 0.00000259. The van der Waals surface area contributed by atoms with Gasteiger partial charge >= 0.3 is 0 Å². The quantitative estimate of drug-likeness (QED) is 0.536. The average molecular weight is 476 g/mol. The molecule has 4 nitrogen and oxygen atoms in total. The summed E-state index contributed by atoms with van der Waals surface area (Å²) >= 11 is 0. The molecule has 186 valence electrons. The van der Waals surface area contributed by atoms with Crippen molar-refractivity contribution in [3.63, 3.8) is 0 Å². The fourth-order valence-electron chi connectivity index (χ4n) is 6.53. The molecule has 1 aromatic rings. The van der Waals surface area contributed by atoms with Crippen molar-refractivity contribution in [3.8, 4) is 0 Å². The Morgan fingerprint density at radius 3 is 2.18 bits per heavy atom. The Labute approximate surface area is 208 Å². The molecule has 1 unspecified atom stereocenters. The second kappa shape index (κ2) is 10.3. The summed E-state index contributed by atoms with van der Waals surface area (Å²) in [6.07, 6.45) is 8.29. The van der Waals surface area contributed by atoms with E-state index < -0.39 is 0 Å². The fourth-order valence-corrected chi connectivity index (χ4v) is 6.53. The molecule has 2 aliphatic heterocycles. The monoisotopic (exact) mass is 475 g/mol. The molecule has 1 aromatic carbocycles. The van der Waals surface area contributed by atoms with Gasteiger partial charge < -0.3 is 14.5 Å². The maximum Gasteiger partial charge on any atom is 0.0642 e. The summed E-state index contributed by atoms with van der Waals surface area (Å²) in [6, 6.07) is 8.92. The first kappa shape index (κ1) is 25.1. The van der Waals surface area contributed by atoms with Crippen molar-refractivity contribution < 1.29 is 4.74 Å². The van der Waals surface area contributed by atoms with Crippen molar-refractivity contribution in [2.75, 3.05) is 55.7 Å². The van der Waals surface area contributed by atoms with Crippen molar-refractivity contribution in [1.82, 2.24) is 4.90 Å². The van der Waals surface area contributed by atoms with Crippen LogP contribution >= 0.6 is 12.4 Å². The van der Waals surface area contributed by atoms with E-state index >= 15 is 0 Å². The predicted molar refractivity (Wildman–Crippen MR) is 142 cm³/mol. The van der Waals surface area contributed by atoms with Crippen LogP contribution in [0, 0.1) is 11.3 Å². The van der Waals surface area contributed by atoms with E-state index in [1.54, 1.807) is 5.56 Å². The van der Waals surface area contributed by atoms with E-state index in [1.165, 1.54) is 69.5 Å². The smallest absolute Gasteiger partial charge is 0.0642 e. The van der Waals surface area contributed by atoms with Gasteiger partial charge in [-0.05, 0) is 80.4 Å². The zero-order chi connectivity index (χ0) is 22.3. The highest BCUT2D eigenvalue weighted by atomic mass is 35.5. The van der Waals surface area contributed by atoms with Crippen LogP contribution in [0.4, 0.5) is 11.4 Å². The van der Waals surface area contributed by atoms with Gasteiger partial charge in [-0.3, -0.25) is 4.90 Å². The van der Waals surface area contributed by atoms with Gasteiger partial charge in [-0.25, -0.2) is 0 Å². The van der Waals surface area contributed by atoms with Crippen molar-refractivity contribution in [1.29, 1.82) is 0 Å². The van der Waals surface area contributed by atoms with E-state index in [-0.39, 0.29) is 12.4 Å². The van der Waals surface area contributed by atoms with Crippen LogP contribution in [0.2, 0.25) is 0 Å². The maximum atomic E-state index is 5.62. The molecule has 0 N–H and O–H groups in total. The highest BCUT2D eigenvalue weighted by Crippen LogP contribution is 2.46. The Kier molecular flexibility index (Phi) is 7.87. The Morgan fingerprint density at radius 1 is 0.879 bits per heavy atom. The number of rotatable bonds is 4. The molecule has 0 aromatic heterocycles. The van der Waals surface area contributed by atoms with Crippen LogP contribution < -0.4 is 9.80 Å². The maximum absolute atomic E-state index is 5.62. The minimum atomic E-state index is 0. The van der Waals surface area contributed by atoms with Gasteiger partial charge in [0.05, 0.1) is 13.2 Å². The summed E-state index contributed by atoms with van der Waals surface area (Å²) in [7, 11) is 0. The van der Waals surface area contributed by atoms with Gasteiger partial charge in [0, 0.05) is 56.2 Å². The number of halogens is 1. The van der Waals surface area contributed by atoms with Gasteiger partial charge in [-0.15, -0.1) is 12.4 Å². The number of hydrogen-bond acceptors (Lipinski definition) is 4. The lowest BCUT2D eigenvalue weighted by Crippen LogP contribution is -2.53. The van der Waals surface area contributed by atoms with E-state index in [0.717, 1.165) is 44.2 Å². The second-order valence-corrected chi connectivity index (χ2v) is 12.0. The lowest BCUT2D eigenvalue weighted by atomic mass is 9.68. The highest BCUT2D eigenvalue weighted by Gasteiger charge is 2.36. The summed E-state index contributed by atoms with van der Waals surface area (Å²) in [5.41, 5.74) is 5.01. The SMILES string of the molecule is CC1CN(C2CC2)CCN1c1cc(N2CCOCC2)ccc1C1CCC(C(C)(C)C)CC1.Cl. The second-order valence-electron chi connectivity index (χ2n) is 12.0. The molecule has 5 rings (SSSR count). The Bertz CT molecular complexity index is 776. The third-order valence-electron chi connectivity index (χ3n) is 8.81. The minimum Gasteiger partial charge on any atom is -0.378 e. The van der Waals surface area contributed by atoms with Crippen LogP contribution in [0.5, 0.6) is 0 Å². The molecule has 4 aliphatic rings. The summed E-state index contributed by atoms with van der Waals surface area (Å²) < 4.78 is 5.62. The molecule has 2 saturated heterocycles. The van der Waals surface area contributed by atoms with Crippen LogP contribution in [0.1, 0.15) is 77.7 Å². The molecule has 0 bridgehead atoms. The van der Waals surface area contributed by atoms with Crippen LogP contribution in [0.25, 0.3) is 0 Å². The third-order valence-corrected chi connectivity index (χ3v) is 8.81. The molecule has 0 radical (unpaired) electrons. The summed E-state index contributed by atoms with van der Waals surface area (Å²) in [6.45, 7) is 17.1. The number of benzene rings is 1. The topological polar surface area (TPSA) is 19.0 Å². The number of ether oxygens (including phenoxy) is 1. The number of hydrogen-bond donors (Lipinski definition) is 0. The number of morpholine rings is 1. The van der Waals surface area contributed by atoms with Crippen molar-refractivity contribution >= 4 is 23.8 Å². The molecular weight excluding hydrogens is 430 g/mol. The molecule has 4 fully saturated rings. The summed E-state index contributed by atoms with van der Waals surface area (Å²) in [4.78, 5) is 8.04. The van der Waals surface area contributed by atoms with Crippen LogP contribution in [-0.4, -0.2) is 62.9 Å². The van der Waals surface area contributed by atoms with E-state index in [9.17, 15) is 0 Å². The molecule has 1 atom stereocenters. The normalized spacial score (nSPS) is 29.6. The summed E-state index contributed by atoms with van der Waals surface area (Å²) in [5, 5.41) is 0. The molecule has 2 saturated carbocycles. The van der Waals surface area contributed by atoms with Crippen molar-refractivity contribution in [3.05, 3.63) is 23.8 Å². The standard InChI is InChI=1S/C28H45N3O.ClH/c1-21-20-30(24-9-10-24)13-14-31(21)27-19-25(29-15-17-32-18-16-29)11-12-26(27)22-5-7-23(8-6-22)28(2,3)4;/h11-12,19,21-24H,5-10,13-18,20H2,1-4H3;1H. The molecule has 0 amide bonds. The molecule has 33 heavy (non-hydrogen) atoms. The molecule has 5 heteroatoms. The van der Waals surface area contributed by atoms with Crippen LogP contribution in [0.3, 0.4) is 0 Å². The molecule has 0 spiro atoms. The lowest BCUT2D eigenvalue weighted by Gasteiger charge is -2.44. The largest absolute Gasteiger partial charge is 0.378 e. The first-order valence-corrected chi connectivity index (χ1v) is 13.4. The van der Waals surface area contributed by atoms with Gasteiger partial charge in [-0.2, -0.15) is 0 Å².